The fraction of sp³-hybridized carbons (Fsp3) is 0.167. The summed E-state index contributed by atoms with van der Waals surface area (Å²) in [5, 5.41) is 14.4. The number of rotatable bonds is 6. The van der Waals surface area contributed by atoms with Gasteiger partial charge in [-0.25, -0.2) is 0 Å². The predicted molar refractivity (Wildman–Crippen MR) is 73.6 cm³/mol. The number of hydrogen-bond donors (Lipinski definition) is 1. The molecular formula is C12H12ClN5O2. The Balaban J connectivity index is 1.82. The van der Waals surface area contributed by atoms with Crippen molar-refractivity contribution in [1.82, 2.24) is 20.2 Å². The molecule has 2 aromatic rings. The SMILES string of the molecule is C=CCn1nnc(NC(=O)COc2ccc(Cl)cc2)n1. The molecule has 0 unspecified atom stereocenters. The molecule has 1 aromatic carbocycles. The van der Waals surface area contributed by atoms with Crippen molar-refractivity contribution in [2.45, 2.75) is 6.54 Å². The fourth-order valence-corrected chi connectivity index (χ4v) is 1.45. The predicted octanol–water partition coefficient (Wildman–Crippen LogP) is 1.53. The van der Waals surface area contributed by atoms with Gasteiger partial charge in [0.15, 0.2) is 6.61 Å². The Kier molecular flexibility index (Phi) is 4.67. The van der Waals surface area contributed by atoms with Gasteiger partial charge in [0.1, 0.15) is 5.75 Å². The van der Waals surface area contributed by atoms with Crippen LogP contribution in [0.2, 0.25) is 5.02 Å². The van der Waals surface area contributed by atoms with E-state index in [1.54, 1.807) is 30.3 Å². The zero-order chi connectivity index (χ0) is 14.4. The number of halogens is 1. The highest BCUT2D eigenvalue weighted by Crippen LogP contribution is 2.15. The van der Waals surface area contributed by atoms with Crippen LogP contribution >= 0.6 is 11.6 Å². The molecule has 0 aliphatic carbocycles. The maximum Gasteiger partial charge on any atom is 0.270 e. The van der Waals surface area contributed by atoms with E-state index in [1.165, 1.54) is 4.80 Å². The van der Waals surface area contributed by atoms with Gasteiger partial charge in [0.2, 0.25) is 0 Å². The van der Waals surface area contributed by atoms with Crippen LogP contribution in [0.15, 0.2) is 36.9 Å². The van der Waals surface area contributed by atoms with E-state index in [-0.39, 0.29) is 18.5 Å². The zero-order valence-electron chi connectivity index (χ0n) is 10.5. The molecule has 0 aliphatic heterocycles. The molecule has 0 radical (unpaired) electrons. The van der Waals surface area contributed by atoms with Gasteiger partial charge >= 0.3 is 0 Å². The summed E-state index contributed by atoms with van der Waals surface area (Å²) in [5.74, 6) is 0.294. The van der Waals surface area contributed by atoms with Crippen LogP contribution < -0.4 is 10.1 Å². The summed E-state index contributed by atoms with van der Waals surface area (Å²) in [6, 6.07) is 6.71. The number of benzene rings is 1. The minimum Gasteiger partial charge on any atom is -0.484 e. The van der Waals surface area contributed by atoms with E-state index in [1.807, 2.05) is 0 Å². The average Bonchev–Trinajstić information content (AvgIpc) is 2.86. The minimum atomic E-state index is -0.377. The lowest BCUT2D eigenvalue weighted by molar-refractivity contribution is -0.118. The Morgan fingerprint density at radius 3 is 2.90 bits per heavy atom. The molecule has 0 saturated carbocycles. The Labute approximate surface area is 120 Å². The Morgan fingerprint density at radius 2 is 2.20 bits per heavy atom. The molecule has 1 amide bonds. The van der Waals surface area contributed by atoms with E-state index in [0.717, 1.165) is 0 Å². The fourth-order valence-electron chi connectivity index (χ4n) is 1.33. The van der Waals surface area contributed by atoms with Crippen molar-refractivity contribution in [1.29, 1.82) is 0 Å². The van der Waals surface area contributed by atoms with Crippen LogP contribution in [0.1, 0.15) is 0 Å². The maximum absolute atomic E-state index is 11.6. The van der Waals surface area contributed by atoms with E-state index in [4.69, 9.17) is 16.3 Å². The Bertz CT molecular complexity index is 596. The van der Waals surface area contributed by atoms with Crippen molar-refractivity contribution < 1.29 is 9.53 Å². The molecule has 2 rings (SSSR count). The highest BCUT2D eigenvalue weighted by Gasteiger charge is 2.08. The molecule has 0 bridgehead atoms. The average molecular weight is 294 g/mol. The van der Waals surface area contributed by atoms with Gasteiger partial charge in [0.05, 0.1) is 6.54 Å². The number of carbonyl (C=O) groups excluding carboxylic acids is 1. The summed E-state index contributed by atoms with van der Waals surface area (Å²) in [4.78, 5) is 12.9. The molecule has 0 saturated heterocycles. The summed E-state index contributed by atoms with van der Waals surface area (Å²) >= 11 is 5.74. The topological polar surface area (TPSA) is 81.9 Å². The van der Waals surface area contributed by atoms with Crippen LogP contribution in [-0.4, -0.2) is 32.7 Å². The molecule has 0 atom stereocenters. The monoisotopic (exact) mass is 293 g/mol. The maximum atomic E-state index is 11.6. The van der Waals surface area contributed by atoms with E-state index >= 15 is 0 Å². The van der Waals surface area contributed by atoms with Crippen LogP contribution in [0.4, 0.5) is 5.95 Å². The van der Waals surface area contributed by atoms with Crippen molar-refractivity contribution in [3.8, 4) is 5.75 Å². The Morgan fingerprint density at radius 1 is 1.45 bits per heavy atom. The number of ether oxygens (including phenoxy) is 1. The number of amides is 1. The Hall–Kier alpha value is -2.41. The first-order chi connectivity index (χ1) is 9.67. The molecule has 1 aromatic heterocycles. The molecule has 7 nitrogen and oxygen atoms in total. The number of anilines is 1. The second kappa shape index (κ2) is 6.67. The normalized spacial score (nSPS) is 10.1. The third kappa shape index (κ3) is 4.06. The number of tetrazole rings is 1. The van der Waals surface area contributed by atoms with Gasteiger partial charge in [0, 0.05) is 5.02 Å². The summed E-state index contributed by atoms with van der Waals surface area (Å²) in [5.41, 5.74) is 0. The molecule has 104 valence electrons. The second-order valence-electron chi connectivity index (χ2n) is 3.75. The molecule has 1 heterocycles. The molecule has 0 fully saturated rings. The lowest BCUT2D eigenvalue weighted by atomic mass is 10.3. The van der Waals surface area contributed by atoms with Crippen molar-refractivity contribution in [3.05, 3.63) is 41.9 Å². The van der Waals surface area contributed by atoms with E-state index in [2.05, 4.69) is 27.3 Å². The first-order valence-electron chi connectivity index (χ1n) is 5.74. The number of nitrogens with one attached hydrogen (secondary N) is 1. The van der Waals surface area contributed by atoms with Gasteiger partial charge in [0.25, 0.3) is 11.9 Å². The first kappa shape index (κ1) is 14.0. The molecule has 8 heteroatoms. The largest absolute Gasteiger partial charge is 0.484 e. The van der Waals surface area contributed by atoms with Gasteiger partial charge in [-0.2, -0.15) is 4.80 Å². The molecule has 1 N–H and O–H groups in total. The van der Waals surface area contributed by atoms with Gasteiger partial charge in [-0.1, -0.05) is 22.8 Å². The van der Waals surface area contributed by atoms with E-state index in [9.17, 15) is 4.79 Å². The van der Waals surface area contributed by atoms with Crippen LogP contribution in [0.25, 0.3) is 0 Å². The summed E-state index contributed by atoms with van der Waals surface area (Å²) in [7, 11) is 0. The lowest BCUT2D eigenvalue weighted by Crippen LogP contribution is -2.21. The summed E-state index contributed by atoms with van der Waals surface area (Å²) in [6.45, 7) is 3.82. The quantitative estimate of drug-likeness (QED) is 0.817. The molecular weight excluding hydrogens is 282 g/mol. The lowest BCUT2D eigenvalue weighted by Gasteiger charge is -2.05. The van der Waals surface area contributed by atoms with Gasteiger partial charge in [-0.3, -0.25) is 10.1 Å². The third-order valence-corrected chi connectivity index (χ3v) is 2.43. The number of allylic oxidation sites excluding steroid dienone is 1. The van der Waals surface area contributed by atoms with E-state index < -0.39 is 0 Å². The third-order valence-electron chi connectivity index (χ3n) is 2.18. The smallest absolute Gasteiger partial charge is 0.270 e. The number of aromatic nitrogens is 4. The van der Waals surface area contributed by atoms with E-state index in [0.29, 0.717) is 17.3 Å². The summed E-state index contributed by atoms with van der Waals surface area (Å²) in [6.07, 6.45) is 1.62. The highest BCUT2D eigenvalue weighted by atomic mass is 35.5. The zero-order valence-corrected chi connectivity index (χ0v) is 11.2. The second-order valence-corrected chi connectivity index (χ2v) is 4.18. The van der Waals surface area contributed by atoms with Crippen molar-refractivity contribution in [2.24, 2.45) is 0 Å². The number of carbonyl (C=O) groups is 1. The van der Waals surface area contributed by atoms with Crippen molar-refractivity contribution in [3.63, 3.8) is 0 Å². The summed E-state index contributed by atoms with van der Waals surface area (Å²) < 4.78 is 5.28. The van der Waals surface area contributed by atoms with Gasteiger partial charge < -0.3 is 4.74 Å². The van der Waals surface area contributed by atoms with Gasteiger partial charge in [-0.15, -0.1) is 11.7 Å². The molecule has 0 spiro atoms. The number of hydrogen-bond acceptors (Lipinski definition) is 5. The van der Waals surface area contributed by atoms with Crippen molar-refractivity contribution >= 4 is 23.5 Å². The first-order valence-corrected chi connectivity index (χ1v) is 6.12. The van der Waals surface area contributed by atoms with Crippen LogP contribution in [-0.2, 0) is 11.3 Å². The van der Waals surface area contributed by atoms with Crippen LogP contribution in [0.3, 0.4) is 0 Å². The van der Waals surface area contributed by atoms with Crippen LogP contribution in [0, 0.1) is 0 Å². The minimum absolute atomic E-state index is 0.122. The standard InChI is InChI=1S/C12H12ClN5O2/c1-2-7-18-16-12(15-17-18)14-11(19)8-20-10-5-3-9(13)4-6-10/h2-6H,1,7-8H2,(H,14,16,19). The van der Waals surface area contributed by atoms with Crippen molar-refractivity contribution in [2.75, 3.05) is 11.9 Å². The van der Waals surface area contributed by atoms with Gasteiger partial charge in [-0.05, 0) is 29.5 Å². The number of nitrogens with zero attached hydrogens (tertiary/aromatic N) is 4. The van der Waals surface area contributed by atoms with Crippen LogP contribution in [0.5, 0.6) is 5.75 Å². The molecule has 0 aliphatic rings. The highest BCUT2D eigenvalue weighted by molar-refractivity contribution is 6.30. The molecule has 20 heavy (non-hydrogen) atoms.